The Morgan fingerprint density at radius 3 is 2.67 bits per heavy atom. The van der Waals surface area contributed by atoms with Crippen LogP contribution in [0.15, 0.2) is 0 Å². The fourth-order valence-electron chi connectivity index (χ4n) is 1.90. The molecule has 0 aromatic carbocycles. The minimum Gasteiger partial charge on any atom is -0.352 e. The first-order valence-corrected chi connectivity index (χ1v) is 6.41. The van der Waals surface area contributed by atoms with Crippen LogP contribution in [0.3, 0.4) is 0 Å². The van der Waals surface area contributed by atoms with Gasteiger partial charge in [0, 0.05) is 25.8 Å². The van der Waals surface area contributed by atoms with E-state index in [1.807, 2.05) is 0 Å². The van der Waals surface area contributed by atoms with Gasteiger partial charge < -0.3 is 15.5 Å². The van der Waals surface area contributed by atoms with Gasteiger partial charge in [-0.15, -0.1) is 0 Å². The summed E-state index contributed by atoms with van der Waals surface area (Å²) in [6, 6.07) is -0.698. The van der Waals surface area contributed by atoms with Gasteiger partial charge in [-0.3, -0.25) is 14.4 Å². The highest BCUT2D eigenvalue weighted by molar-refractivity contribution is 7.80. The Morgan fingerprint density at radius 2 is 2.17 bits per heavy atom. The maximum absolute atomic E-state index is 12.3. The number of hydrogen-bond acceptors (Lipinski definition) is 4. The van der Waals surface area contributed by atoms with Crippen LogP contribution in [0.4, 0.5) is 0 Å². The first-order valence-electron chi connectivity index (χ1n) is 5.78. The van der Waals surface area contributed by atoms with Gasteiger partial charge in [0.15, 0.2) is 0 Å². The van der Waals surface area contributed by atoms with E-state index in [9.17, 15) is 14.4 Å². The van der Waals surface area contributed by atoms with Crippen LogP contribution in [0.25, 0.3) is 0 Å². The Bertz CT molecular complexity index is 371. The van der Waals surface area contributed by atoms with Crippen LogP contribution >= 0.6 is 12.6 Å². The molecular formula is C11H19N3O3S. The second kappa shape index (κ2) is 5.60. The number of thiol groups is 1. The van der Waals surface area contributed by atoms with Crippen LogP contribution in [0.1, 0.15) is 20.8 Å². The lowest BCUT2D eigenvalue weighted by Gasteiger charge is -2.42. The second-order valence-corrected chi connectivity index (χ2v) is 5.11. The highest BCUT2D eigenvalue weighted by Gasteiger charge is 2.42. The van der Waals surface area contributed by atoms with Gasteiger partial charge in [-0.05, 0) is 13.8 Å². The summed E-state index contributed by atoms with van der Waals surface area (Å²) in [4.78, 5) is 36.6. The molecule has 7 heteroatoms. The third kappa shape index (κ3) is 2.95. The Labute approximate surface area is 112 Å². The van der Waals surface area contributed by atoms with Gasteiger partial charge in [0.2, 0.25) is 17.7 Å². The third-order valence-electron chi connectivity index (χ3n) is 2.98. The van der Waals surface area contributed by atoms with E-state index in [4.69, 9.17) is 0 Å². The summed E-state index contributed by atoms with van der Waals surface area (Å²) in [5.74, 6) is -0.559. The number of amides is 3. The van der Waals surface area contributed by atoms with E-state index < -0.39 is 11.6 Å². The Hall–Kier alpha value is -1.24. The van der Waals surface area contributed by atoms with Gasteiger partial charge in [-0.1, -0.05) is 0 Å². The lowest BCUT2D eigenvalue weighted by atomic mass is 9.98. The molecule has 0 saturated carbocycles. The fourth-order valence-corrected chi connectivity index (χ4v) is 2.15. The van der Waals surface area contributed by atoms with Crippen molar-refractivity contribution in [1.82, 2.24) is 15.5 Å². The molecule has 0 aromatic heterocycles. The maximum atomic E-state index is 12.3. The summed E-state index contributed by atoms with van der Waals surface area (Å²) < 4.78 is 0. The number of nitrogens with zero attached hydrogens (tertiary/aromatic N) is 1. The molecule has 1 unspecified atom stereocenters. The van der Waals surface area contributed by atoms with Crippen LogP contribution in [0.2, 0.25) is 0 Å². The maximum Gasteiger partial charge on any atom is 0.246 e. The summed E-state index contributed by atoms with van der Waals surface area (Å²) in [5.41, 5.74) is -0.908. The number of carbonyl (C=O) groups excluding carboxylic acids is 3. The zero-order valence-electron chi connectivity index (χ0n) is 10.8. The predicted molar refractivity (Wildman–Crippen MR) is 70.3 cm³/mol. The monoisotopic (exact) mass is 273 g/mol. The summed E-state index contributed by atoms with van der Waals surface area (Å²) in [7, 11) is 0. The van der Waals surface area contributed by atoms with Crippen LogP contribution in [-0.4, -0.2) is 53.0 Å². The smallest absolute Gasteiger partial charge is 0.246 e. The average Bonchev–Trinajstić information content (AvgIpc) is 2.28. The van der Waals surface area contributed by atoms with Crippen molar-refractivity contribution in [2.45, 2.75) is 32.4 Å². The minimum absolute atomic E-state index is 0.192. The highest BCUT2D eigenvalue weighted by atomic mass is 32.1. The van der Waals surface area contributed by atoms with Gasteiger partial charge >= 0.3 is 0 Å². The van der Waals surface area contributed by atoms with Crippen LogP contribution in [0.5, 0.6) is 0 Å². The van der Waals surface area contributed by atoms with Gasteiger partial charge in [0.05, 0.1) is 0 Å². The number of piperazine rings is 1. The van der Waals surface area contributed by atoms with E-state index in [2.05, 4.69) is 23.3 Å². The average molecular weight is 273 g/mol. The second-order valence-electron chi connectivity index (χ2n) is 4.74. The zero-order valence-corrected chi connectivity index (χ0v) is 11.7. The van der Waals surface area contributed by atoms with E-state index in [1.165, 1.54) is 11.8 Å². The minimum atomic E-state index is -0.908. The van der Waals surface area contributed by atoms with Crippen molar-refractivity contribution >= 4 is 30.4 Å². The molecule has 0 spiro atoms. The van der Waals surface area contributed by atoms with Crippen LogP contribution in [-0.2, 0) is 14.4 Å². The van der Waals surface area contributed by atoms with E-state index in [0.717, 1.165) is 0 Å². The van der Waals surface area contributed by atoms with Crippen molar-refractivity contribution in [3.8, 4) is 0 Å². The highest BCUT2D eigenvalue weighted by Crippen LogP contribution is 2.19. The molecule has 0 radical (unpaired) electrons. The van der Waals surface area contributed by atoms with Crippen molar-refractivity contribution in [2.75, 3.05) is 18.8 Å². The molecule has 1 rings (SSSR count). The Morgan fingerprint density at radius 1 is 1.56 bits per heavy atom. The van der Waals surface area contributed by atoms with Crippen LogP contribution in [0, 0.1) is 0 Å². The molecule has 6 nitrogen and oxygen atoms in total. The predicted octanol–water partition coefficient (Wildman–Crippen LogP) is -0.842. The molecule has 0 bridgehead atoms. The van der Waals surface area contributed by atoms with Gasteiger partial charge in [-0.25, -0.2) is 0 Å². The molecule has 1 aliphatic heterocycles. The summed E-state index contributed by atoms with van der Waals surface area (Å²) in [6.45, 7) is 5.57. The molecule has 2 N–H and O–H groups in total. The van der Waals surface area contributed by atoms with Crippen LogP contribution < -0.4 is 10.6 Å². The molecular weight excluding hydrogens is 254 g/mol. The lowest BCUT2D eigenvalue weighted by Crippen LogP contribution is -2.66. The van der Waals surface area contributed by atoms with Crippen molar-refractivity contribution < 1.29 is 14.4 Å². The number of carbonyl (C=O) groups is 3. The largest absolute Gasteiger partial charge is 0.352 e. The van der Waals surface area contributed by atoms with Crippen molar-refractivity contribution in [3.63, 3.8) is 0 Å². The first kappa shape index (κ1) is 14.8. The molecule has 18 heavy (non-hydrogen) atoms. The molecule has 0 aromatic rings. The SMILES string of the molecule is CC(=O)NC(CS)C(=O)N1CCNC(=O)C1(C)C. The van der Waals surface area contributed by atoms with Gasteiger partial charge in [0.1, 0.15) is 11.6 Å². The fraction of sp³-hybridized carbons (Fsp3) is 0.727. The van der Waals surface area contributed by atoms with Crippen molar-refractivity contribution in [3.05, 3.63) is 0 Å². The van der Waals surface area contributed by atoms with E-state index in [0.29, 0.717) is 13.1 Å². The molecule has 102 valence electrons. The van der Waals surface area contributed by atoms with Gasteiger partial charge in [-0.2, -0.15) is 12.6 Å². The number of rotatable bonds is 3. The standard InChI is InChI=1S/C11H19N3O3S/c1-7(15)13-8(6-18)9(16)14-5-4-12-10(17)11(14,2)3/h8,18H,4-6H2,1-3H3,(H,12,17)(H,13,15). The summed E-state index contributed by atoms with van der Waals surface area (Å²) >= 11 is 4.07. The number of nitrogens with one attached hydrogen (secondary N) is 2. The van der Waals surface area contributed by atoms with Gasteiger partial charge in [0.25, 0.3) is 0 Å². The molecule has 1 aliphatic rings. The topological polar surface area (TPSA) is 78.5 Å². The third-order valence-corrected chi connectivity index (χ3v) is 3.34. The molecule has 3 amide bonds. The quantitative estimate of drug-likeness (QED) is 0.587. The number of hydrogen-bond donors (Lipinski definition) is 3. The van der Waals surface area contributed by atoms with Crippen molar-refractivity contribution in [2.24, 2.45) is 0 Å². The van der Waals surface area contributed by atoms with E-state index >= 15 is 0 Å². The zero-order chi connectivity index (χ0) is 13.9. The normalized spacial score (nSPS) is 20.0. The molecule has 0 aliphatic carbocycles. The molecule has 1 saturated heterocycles. The Balaban J connectivity index is 2.87. The molecule has 1 atom stereocenters. The molecule has 1 heterocycles. The van der Waals surface area contributed by atoms with Crippen molar-refractivity contribution in [1.29, 1.82) is 0 Å². The lowest BCUT2D eigenvalue weighted by molar-refractivity contribution is -0.150. The van der Waals surface area contributed by atoms with E-state index in [-0.39, 0.29) is 23.5 Å². The Kier molecular flexibility index (Phi) is 4.61. The molecule has 1 fully saturated rings. The van der Waals surface area contributed by atoms with E-state index in [1.54, 1.807) is 13.8 Å². The summed E-state index contributed by atoms with van der Waals surface area (Å²) in [5, 5.41) is 5.26. The summed E-state index contributed by atoms with van der Waals surface area (Å²) in [6.07, 6.45) is 0. The first-order chi connectivity index (χ1) is 8.30.